The van der Waals surface area contributed by atoms with Crippen LogP contribution >= 0.6 is 0 Å². The van der Waals surface area contributed by atoms with Crippen molar-refractivity contribution in [3.63, 3.8) is 0 Å². The van der Waals surface area contributed by atoms with Crippen LogP contribution in [0.1, 0.15) is 71.4 Å². The zero-order valence-corrected chi connectivity index (χ0v) is 29.1. The average molecular weight is 815 g/mol. The predicted molar refractivity (Wildman–Crippen MR) is 175 cm³/mol. The van der Waals surface area contributed by atoms with Gasteiger partial charge in [-0.2, -0.15) is 39.5 Å². The molecule has 13 nitrogen and oxygen atoms in total. The van der Waals surface area contributed by atoms with E-state index < -0.39 is 83.4 Å². The van der Waals surface area contributed by atoms with E-state index in [4.69, 9.17) is 25.4 Å². The monoisotopic (exact) mass is 814 g/mol. The predicted octanol–water partition coefficient (Wildman–Crippen LogP) is 6.34. The highest BCUT2D eigenvalue weighted by molar-refractivity contribution is 5.90. The zero-order valence-electron chi connectivity index (χ0n) is 29.1. The van der Waals surface area contributed by atoms with Gasteiger partial charge in [0, 0.05) is 6.42 Å². The maximum atomic E-state index is 13.5. The largest absolute Gasteiger partial charge is 0.488 e. The maximum absolute atomic E-state index is 13.5. The highest BCUT2D eigenvalue weighted by atomic mass is 19.4. The lowest BCUT2D eigenvalue weighted by atomic mass is 9.78. The fourth-order valence-corrected chi connectivity index (χ4v) is 5.65. The third kappa shape index (κ3) is 11.6. The molecular weight excluding hydrogens is 779 g/mol. The number of anilines is 1. The van der Waals surface area contributed by atoms with Crippen LogP contribution < -0.4 is 15.4 Å². The van der Waals surface area contributed by atoms with Gasteiger partial charge < -0.3 is 35.6 Å². The first-order chi connectivity index (χ1) is 25.9. The number of nitrogens with two attached hydrogens (primary N) is 1. The molecule has 2 unspecified atom stereocenters. The van der Waals surface area contributed by atoms with Crippen LogP contribution in [0.4, 0.5) is 50.0 Å². The molecule has 0 bridgehead atoms. The first-order valence-electron chi connectivity index (χ1n) is 16.3. The number of hydrogen-bond donors (Lipinski definition) is 5. The van der Waals surface area contributed by atoms with E-state index in [0.717, 1.165) is 18.3 Å². The molecule has 2 atom stereocenters. The summed E-state index contributed by atoms with van der Waals surface area (Å²) in [4.78, 5) is 41.4. The van der Waals surface area contributed by atoms with Crippen LogP contribution in [0, 0.1) is 0 Å². The molecule has 56 heavy (non-hydrogen) atoms. The van der Waals surface area contributed by atoms with Gasteiger partial charge in [-0.25, -0.2) is 14.8 Å². The molecule has 0 radical (unpaired) electrons. The lowest BCUT2D eigenvalue weighted by Gasteiger charge is -2.48. The van der Waals surface area contributed by atoms with Crippen molar-refractivity contribution in [1.29, 1.82) is 0 Å². The van der Waals surface area contributed by atoms with Crippen molar-refractivity contribution in [2.24, 2.45) is 5.73 Å². The Bertz CT molecular complexity index is 1830. The van der Waals surface area contributed by atoms with Crippen molar-refractivity contribution in [3.05, 3.63) is 81.9 Å². The number of carboxylic acid groups (broad SMARTS) is 3. The molecule has 4 rings (SSSR count). The molecule has 1 aliphatic rings. The number of carbonyl (C=O) groups is 3. The van der Waals surface area contributed by atoms with Crippen LogP contribution in [0.15, 0.2) is 42.6 Å². The molecule has 1 aliphatic heterocycles. The number of aliphatic carboxylic acids is 2. The Hall–Kier alpha value is -5.22. The summed E-state index contributed by atoms with van der Waals surface area (Å²) in [5.74, 6) is -3.58. The summed E-state index contributed by atoms with van der Waals surface area (Å²) in [5, 5.41) is 35.5. The van der Waals surface area contributed by atoms with Crippen molar-refractivity contribution < 1.29 is 83.8 Å². The molecule has 0 fully saturated rings. The third-order valence-corrected chi connectivity index (χ3v) is 8.30. The summed E-state index contributed by atoms with van der Waals surface area (Å²) in [6.07, 6.45) is -16.8. The van der Waals surface area contributed by atoms with Crippen molar-refractivity contribution in [2.45, 2.75) is 69.1 Å². The van der Waals surface area contributed by atoms with Gasteiger partial charge >= 0.3 is 36.6 Å². The van der Waals surface area contributed by atoms with Crippen LogP contribution in [0.3, 0.4) is 0 Å². The van der Waals surface area contributed by atoms with Crippen LogP contribution in [-0.2, 0) is 45.7 Å². The number of alkyl halides is 9. The molecule has 1 amide bonds. The molecule has 2 heterocycles. The smallest absolute Gasteiger partial charge is 0.416 e. The van der Waals surface area contributed by atoms with Gasteiger partial charge in [0.1, 0.15) is 18.1 Å². The van der Waals surface area contributed by atoms with Crippen LogP contribution in [0.25, 0.3) is 0 Å². The quantitative estimate of drug-likeness (QED) is 0.0948. The first-order valence-corrected chi connectivity index (χ1v) is 16.3. The average Bonchev–Trinajstić information content (AvgIpc) is 3.09. The number of ether oxygens (including phenoxy) is 2. The van der Waals surface area contributed by atoms with Crippen molar-refractivity contribution in [2.75, 3.05) is 31.3 Å². The number of nitrogens with zero attached hydrogens (tertiary/aromatic N) is 3. The number of aromatic nitrogens is 2. The highest BCUT2D eigenvalue weighted by Gasteiger charge is 2.50. The fraction of sp³-hybridized carbons (Fsp3) is 0.441. The second-order valence-electron chi connectivity index (χ2n) is 12.2. The zero-order chi connectivity index (χ0) is 42.2. The SMILES string of the molecule is CCC1(N)C(c2ncc(OCCO)c(Cc3cc(C(F)(F)F)cc(C(F)(F)F)c3)n2)Cc2cc(C(F)(F)F)ccc2N1C(=O)O.O=C(O)CCOCCC(=O)O. The summed E-state index contributed by atoms with van der Waals surface area (Å²) in [6, 6.07) is 3.38. The van der Waals surface area contributed by atoms with Crippen LogP contribution in [-0.4, -0.2) is 80.5 Å². The van der Waals surface area contributed by atoms with E-state index in [-0.39, 0.29) is 80.1 Å². The number of benzene rings is 2. The molecule has 6 N–H and O–H groups in total. The molecule has 0 aliphatic carbocycles. The molecule has 0 saturated carbocycles. The topological polar surface area (TPSA) is 206 Å². The minimum Gasteiger partial charge on any atom is -0.488 e. The minimum atomic E-state index is -5.13. The number of rotatable bonds is 13. The maximum Gasteiger partial charge on any atom is 0.416 e. The van der Waals surface area contributed by atoms with Gasteiger partial charge in [-0.15, -0.1) is 0 Å². The van der Waals surface area contributed by atoms with Crippen LogP contribution in [0.2, 0.25) is 0 Å². The number of hydrogen-bond acceptors (Lipinski definition) is 9. The summed E-state index contributed by atoms with van der Waals surface area (Å²) >= 11 is 0. The Kier molecular flexibility index (Phi) is 14.6. The van der Waals surface area contributed by atoms with Gasteiger partial charge in [-0.05, 0) is 60.4 Å². The number of aliphatic hydroxyl groups is 1. The molecule has 308 valence electrons. The van der Waals surface area contributed by atoms with Crippen molar-refractivity contribution in [1.82, 2.24) is 9.97 Å². The second kappa shape index (κ2) is 18.2. The first kappa shape index (κ1) is 45.2. The Labute approximate surface area is 311 Å². The Balaban J connectivity index is 0.000000665. The van der Waals surface area contributed by atoms with Crippen LogP contribution in [0.5, 0.6) is 5.75 Å². The number of halogens is 9. The second-order valence-corrected chi connectivity index (χ2v) is 12.2. The van der Waals surface area contributed by atoms with Crippen molar-refractivity contribution in [3.8, 4) is 5.75 Å². The molecule has 2 aromatic carbocycles. The minimum absolute atomic E-state index is 0.0444. The van der Waals surface area contributed by atoms with Gasteiger partial charge in [0.05, 0.1) is 72.8 Å². The Morgan fingerprint density at radius 1 is 0.857 bits per heavy atom. The number of aliphatic hydroxyl groups excluding tert-OH is 1. The third-order valence-electron chi connectivity index (χ3n) is 8.30. The van der Waals surface area contributed by atoms with E-state index in [1.165, 1.54) is 6.92 Å². The van der Waals surface area contributed by atoms with E-state index in [9.17, 15) is 64.1 Å². The highest BCUT2D eigenvalue weighted by Crippen LogP contribution is 2.46. The van der Waals surface area contributed by atoms with E-state index in [1.807, 2.05) is 0 Å². The summed E-state index contributed by atoms with van der Waals surface area (Å²) in [7, 11) is 0. The van der Waals surface area contributed by atoms with Gasteiger partial charge in [-0.3, -0.25) is 14.5 Å². The number of amides is 1. The molecule has 3 aromatic rings. The van der Waals surface area contributed by atoms with Gasteiger partial charge in [0.2, 0.25) is 0 Å². The molecule has 22 heteroatoms. The summed E-state index contributed by atoms with van der Waals surface area (Å²) in [5.41, 5.74) is -0.341. The standard InChI is InChI=1S/C28H25F9N4O4.C6H10O5/c1-2-25(38)19(11-15-10-16(26(29,30)31)3-4-21(15)41(25)24(43)44)23-39-13-22(45-6-5-42)20(40-23)9-14-7-17(27(32,33)34)12-18(8-14)28(35,36)37;7-5(8)1-3-11-4-2-6(9)10/h3-4,7-8,10,12-13,19,42H,2,5-6,9,11,38H2,1H3,(H,43,44);1-4H2,(H,7,8)(H,9,10). The van der Waals surface area contributed by atoms with E-state index in [0.29, 0.717) is 23.1 Å². The van der Waals surface area contributed by atoms with E-state index >= 15 is 0 Å². The van der Waals surface area contributed by atoms with Crippen molar-refractivity contribution >= 4 is 23.7 Å². The molecule has 0 saturated heterocycles. The van der Waals surface area contributed by atoms with Gasteiger partial charge in [0.25, 0.3) is 0 Å². The lowest BCUT2D eigenvalue weighted by molar-refractivity contribution is -0.143. The normalized spacial score (nSPS) is 17.1. The summed E-state index contributed by atoms with van der Waals surface area (Å²) < 4.78 is 132. The Morgan fingerprint density at radius 3 is 1.88 bits per heavy atom. The lowest BCUT2D eigenvalue weighted by Crippen LogP contribution is -2.64. The molecule has 1 aromatic heterocycles. The molecular formula is C34H35F9N4O9. The van der Waals surface area contributed by atoms with E-state index in [1.54, 1.807) is 0 Å². The number of carboxylic acids is 2. The fourth-order valence-electron chi connectivity index (χ4n) is 5.65. The molecule has 0 spiro atoms. The number of fused-ring (bicyclic) bond motifs is 1. The van der Waals surface area contributed by atoms with Gasteiger partial charge in [-0.1, -0.05) is 6.92 Å². The Morgan fingerprint density at radius 2 is 1.41 bits per heavy atom. The summed E-state index contributed by atoms with van der Waals surface area (Å²) in [6.45, 7) is 0.773. The van der Waals surface area contributed by atoms with Gasteiger partial charge in [0.15, 0.2) is 5.75 Å². The van der Waals surface area contributed by atoms with E-state index in [2.05, 4.69) is 9.97 Å².